The molecule has 2 amide bonds. The second kappa shape index (κ2) is 9.37. The molecule has 5 nitrogen and oxygen atoms in total. The second-order valence-corrected chi connectivity index (χ2v) is 6.28. The van der Waals surface area contributed by atoms with E-state index in [0.717, 1.165) is 11.3 Å². The fourth-order valence-electron chi connectivity index (χ4n) is 2.64. The minimum absolute atomic E-state index is 0.261. The Hall–Kier alpha value is -3.60. The largest absolute Gasteiger partial charge is 0.492 e. The maximum atomic E-state index is 12.5. The minimum atomic E-state index is -0.267. The minimum Gasteiger partial charge on any atom is -0.492 e. The zero-order chi connectivity index (χ0) is 19.8. The van der Waals surface area contributed by atoms with E-state index in [1.165, 1.54) is 0 Å². The van der Waals surface area contributed by atoms with Crippen LogP contribution in [0.1, 0.15) is 26.3 Å². The van der Waals surface area contributed by atoms with Crippen LogP contribution in [0.2, 0.25) is 0 Å². The molecule has 0 aromatic heterocycles. The molecule has 0 unspecified atom stereocenters. The first kappa shape index (κ1) is 19.2. The Labute approximate surface area is 164 Å². The molecule has 0 bridgehead atoms. The Morgan fingerprint density at radius 1 is 0.821 bits per heavy atom. The summed E-state index contributed by atoms with van der Waals surface area (Å²) in [5.41, 5.74) is 2.56. The van der Waals surface area contributed by atoms with Crippen molar-refractivity contribution < 1.29 is 14.3 Å². The highest BCUT2D eigenvalue weighted by Gasteiger charge is 2.13. The lowest BCUT2D eigenvalue weighted by Crippen LogP contribution is -2.29. The van der Waals surface area contributed by atoms with E-state index >= 15 is 0 Å². The van der Waals surface area contributed by atoms with Gasteiger partial charge < -0.3 is 15.4 Å². The van der Waals surface area contributed by atoms with Gasteiger partial charge in [-0.1, -0.05) is 48.0 Å². The number of hydrogen-bond acceptors (Lipinski definition) is 3. The van der Waals surface area contributed by atoms with Crippen molar-refractivity contribution in [2.75, 3.05) is 18.5 Å². The number of hydrogen-bond donors (Lipinski definition) is 2. The molecule has 0 aliphatic carbocycles. The molecule has 0 atom stereocenters. The third kappa shape index (κ3) is 5.20. The molecule has 0 aliphatic heterocycles. The number of para-hydroxylation sites is 1. The number of rotatable bonds is 7. The van der Waals surface area contributed by atoms with Crippen molar-refractivity contribution in [3.8, 4) is 5.75 Å². The molecule has 5 heteroatoms. The predicted molar refractivity (Wildman–Crippen MR) is 110 cm³/mol. The topological polar surface area (TPSA) is 67.4 Å². The molecule has 0 saturated heterocycles. The van der Waals surface area contributed by atoms with E-state index in [2.05, 4.69) is 10.6 Å². The molecule has 0 heterocycles. The van der Waals surface area contributed by atoms with Crippen LogP contribution in [0, 0.1) is 6.92 Å². The summed E-state index contributed by atoms with van der Waals surface area (Å²) in [5, 5.41) is 5.62. The zero-order valence-corrected chi connectivity index (χ0v) is 15.6. The maximum absolute atomic E-state index is 12.5. The van der Waals surface area contributed by atoms with Crippen LogP contribution in [0.15, 0.2) is 78.9 Å². The number of carbonyl (C=O) groups is 2. The molecule has 2 N–H and O–H groups in total. The van der Waals surface area contributed by atoms with Gasteiger partial charge in [0.15, 0.2) is 0 Å². The fraction of sp³-hybridized carbons (Fsp3) is 0.130. The van der Waals surface area contributed by atoms with Crippen molar-refractivity contribution >= 4 is 17.5 Å². The van der Waals surface area contributed by atoms with Gasteiger partial charge in [0.05, 0.1) is 17.8 Å². The number of amides is 2. The Kier molecular flexibility index (Phi) is 6.41. The Morgan fingerprint density at radius 2 is 1.50 bits per heavy atom. The van der Waals surface area contributed by atoms with Crippen molar-refractivity contribution in [2.45, 2.75) is 6.92 Å². The molecule has 3 aromatic carbocycles. The maximum Gasteiger partial charge on any atom is 0.255 e. The van der Waals surface area contributed by atoms with E-state index in [4.69, 9.17) is 4.74 Å². The van der Waals surface area contributed by atoms with E-state index in [-0.39, 0.29) is 11.8 Å². The van der Waals surface area contributed by atoms with E-state index in [1.807, 2.05) is 37.3 Å². The number of anilines is 1. The van der Waals surface area contributed by atoms with Crippen molar-refractivity contribution in [3.05, 3.63) is 95.6 Å². The summed E-state index contributed by atoms with van der Waals surface area (Å²) >= 11 is 0. The Bertz CT molecular complexity index is 938. The molecular formula is C23H22N2O3. The Morgan fingerprint density at radius 3 is 2.25 bits per heavy atom. The van der Waals surface area contributed by atoms with E-state index in [1.54, 1.807) is 48.5 Å². The lowest BCUT2D eigenvalue weighted by Gasteiger charge is -2.12. The number of aryl methyl sites for hydroxylation is 1. The van der Waals surface area contributed by atoms with Crippen molar-refractivity contribution in [1.29, 1.82) is 0 Å². The first-order chi connectivity index (χ1) is 13.6. The Balaban J connectivity index is 1.56. The number of ether oxygens (including phenoxy) is 1. The highest BCUT2D eigenvalue weighted by Crippen LogP contribution is 2.16. The van der Waals surface area contributed by atoms with Gasteiger partial charge in [0.2, 0.25) is 0 Å². The van der Waals surface area contributed by atoms with Gasteiger partial charge >= 0.3 is 0 Å². The second-order valence-electron chi connectivity index (χ2n) is 6.28. The monoisotopic (exact) mass is 374 g/mol. The van der Waals surface area contributed by atoms with Gasteiger partial charge in [0.1, 0.15) is 12.4 Å². The van der Waals surface area contributed by atoms with Gasteiger partial charge in [-0.3, -0.25) is 9.59 Å². The summed E-state index contributed by atoms with van der Waals surface area (Å²) in [6.07, 6.45) is 0. The van der Waals surface area contributed by atoms with Crippen LogP contribution in [0.25, 0.3) is 0 Å². The average Bonchev–Trinajstić information content (AvgIpc) is 2.73. The quantitative estimate of drug-likeness (QED) is 0.613. The highest BCUT2D eigenvalue weighted by molar-refractivity contribution is 6.08. The molecule has 3 rings (SSSR count). The lowest BCUT2D eigenvalue weighted by molar-refractivity contribution is 0.0948. The number of carbonyl (C=O) groups excluding carboxylic acids is 2. The van der Waals surface area contributed by atoms with Crippen molar-refractivity contribution in [2.24, 2.45) is 0 Å². The number of nitrogens with one attached hydrogen (secondary N) is 2. The van der Waals surface area contributed by atoms with Crippen molar-refractivity contribution in [3.63, 3.8) is 0 Å². The third-order valence-corrected chi connectivity index (χ3v) is 4.13. The summed E-state index contributed by atoms with van der Waals surface area (Å²) in [6.45, 7) is 2.72. The van der Waals surface area contributed by atoms with Gasteiger partial charge in [-0.25, -0.2) is 0 Å². The molecular weight excluding hydrogens is 352 g/mol. The molecule has 0 fully saturated rings. The van der Waals surface area contributed by atoms with Gasteiger partial charge in [-0.15, -0.1) is 0 Å². The van der Waals surface area contributed by atoms with Crippen LogP contribution in [0.4, 0.5) is 5.69 Å². The van der Waals surface area contributed by atoms with E-state index in [9.17, 15) is 9.59 Å². The molecule has 3 aromatic rings. The van der Waals surface area contributed by atoms with Crippen molar-refractivity contribution in [1.82, 2.24) is 5.32 Å². The van der Waals surface area contributed by atoms with Gasteiger partial charge in [0.25, 0.3) is 11.8 Å². The SMILES string of the molecule is Cc1ccc(OCCNC(=O)c2ccccc2NC(=O)c2ccccc2)cc1. The lowest BCUT2D eigenvalue weighted by atomic mass is 10.1. The molecule has 0 radical (unpaired) electrons. The van der Waals surface area contributed by atoms with Crippen LogP contribution < -0.4 is 15.4 Å². The fourth-order valence-corrected chi connectivity index (χ4v) is 2.64. The van der Waals surface area contributed by atoms with Crippen LogP contribution in [0.5, 0.6) is 5.75 Å². The predicted octanol–water partition coefficient (Wildman–Crippen LogP) is 4.06. The first-order valence-electron chi connectivity index (χ1n) is 9.06. The van der Waals surface area contributed by atoms with Gasteiger partial charge in [-0.2, -0.15) is 0 Å². The van der Waals surface area contributed by atoms with Crippen LogP contribution >= 0.6 is 0 Å². The molecule has 28 heavy (non-hydrogen) atoms. The average molecular weight is 374 g/mol. The summed E-state index contributed by atoms with van der Waals surface area (Å²) in [6, 6.07) is 23.5. The van der Waals surface area contributed by atoms with E-state index in [0.29, 0.717) is 30.0 Å². The van der Waals surface area contributed by atoms with Gasteiger partial charge in [-0.05, 0) is 43.3 Å². The number of benzene rings is 3. The van der Waals surface area contributed by atoms with Crippen LogP contribution in [0.3, 0.4) is 0 Å². The zero-order valence-electron chi connectivity index (χ0n) is 15.6. The summed E-state index contributed by atoms with van der Waals surface area (Å²) in [5.74, 6) is 0.232. The standard InChI is InChI=1S/C23H22N2O3/c1-17-11-13-19(14-12-17)28-16-15-24-23(27)20-9-5-6-10-21(20)25-22(26)18-7-3-2-4-8-18/h2-14H,15-16H2,1H3,(H,24,27)(H,25,26). The molecule has 142 valence electrons. The molecule has 0 saturated carbocycles. The van der Waals surface area contributed by atoms with Crippen LogP contribution in [-0.4, -0.2) is 25.0 Å². The summed E-state index contributed by atoms with van der Waals surface area (Å²) in [4.78, 5) is 24.9. The highest BCUT2D eigenvalue weighted by atomic mass is 16.5. The molecule has 0 aliphatic rings. The van der Waals surface area contributed by atoms with Crippen LogP contribution in [-0.2, 0) is 0 Å². The smallest absolute Gasteiger partial charge is 0.255 e. The normalized spacial score (nSPS) is 10.2. The third-order valence-electron chi connectivity index (χ3n) is 4.13. The first-order valence-corrected chi connectivity index (χ1v) is 9.06. The van der Waals surface area contributed by atoms with E-state index < -0.39 is 0 Å². The summed E-state index contributed by atoms with van der Waals surface area (Å²) < 4.78 is 5.62. The summed E-state index contributed by atoms with van der Waals surface area (Å²) in [7, 11) is 0. The molecule has 0 spiro atoms. The van der Waals surface area contributed by atoms with Gasteiger partial charge in [0, 0.05) is 5.56 Å².